The number of fused-ring (bicyclic) bond motifs is 1. The van der Waals surface area contributed by atoms with Crippen molar-refractivity contribution in [3.63, 3.8) is 0 Å². The predicted octanol–water partition coefficient (Wildman–Crippen LogP) is 3.80. The molecule has 6 nitrogen and oxygen atoms in total. The van der Waals surface area contributed by atoms with Crippen LogP contribution >= 0.6 is 0 Å². The maximum atomic E-state index is 13.7. The van der Waals surface area contributed by atoms with Crippen molar-refractivity contribution in [1.82, 2.24) is 10.2 Å². The third-order valence-electron chi connectivity index (χ3n) is 8.51. The van der Waals surface area contributed by atoms with Crippen LogP contribution in [0.25, 0.3) is 0 Å². The summed E-state index contributed by atoms with van der Waals surface area (Å²) in [5.74, 6) is 0.651. The van der Waals surface area contributed by atoms with Gasteiger partial charge in [-0.3, -0.25) is 9.59 Å². The average molecular weight is 469 g/mol. The number of rotatable bonds is 5. The smallest absolute Gasteiger partial charge is 0.245 e. The Morgan fingerprint density at radius 3 is 1.91 bits per heavy atom. The highest BCUT2D eigenvalue weighted by molar-refractivity contribution is 7.92. The van der Waals surface area contributed by atoms with E-state index in [-0.39, 0.29) is 17.6 Å². The van der Waals surface area contributed by atoms with Gasteiger partial charge in [0.15, 0.2) is 9.84 Å². The molecule has 0 bridgehead atoms. The lowest BCUT2D eigenvalue weighted by Crippen LogP contribution is -2.59. The number of sulfone groups is 1. The van der Waals surface area contributed by atoms with E-state index in [1.165, 1.54) is 0 Å². The first-order valence-corrected chi connectivity index (χ1v) is 13.9. The minimum Gasteiger partial charge on any atom is -0.343 e. The summed E-state index contributed by atoms with van der Waals surface area (Å²) in [6, 6.07) is -0.660. The Balaban J connectivity index is 1.81. The number of amides is 2. The van der Waals surface area contributed by atoms with E-state index in [0.29, 0.717) is 30.1 Å². The van der Waals surface area contributed by atoms with Gasteiger partial charge in [-0.25, -0.2) is 8.42 Å². The lowest BCUT2D eigenvalue weighted by Gasteiger charge is -2.41. The number of nitrogens with one attached hydrogen (secondary N) is 1. The van der Waals surface area contributed by atoms with Gasteiger partial charge in [-0.2, -0.15) is 0 Å². The Morgan fingerprint density at radius 2 is 1.47 bits per heavy atom. The van der Waals surface area contributed by atoms with Crippen LogP contribution in [0.1, 0.15) is 87.5 Å². The topological polar surface area (TPSA) is 83.5 Å². The van der Waals surface area contributed by atoms with Crippen molar-refractivity contribution in [1.29, 1.82) is 0 Å². The van der Waals surface area contributed by atoms with Gasteiger partial charge >= 0.3 is 0 Å². The summed E-state index contributed by atoms with van der Waals surface area (Å²) < 4.78 is 25.3. The van der Waals surface area contributed by atoms with Gasteiger partial charge in [0.05, 0.1) is 15.9 Å². The summed E-state index contributed by atoms with van der Waals surface area (Å²) in [6.45, 7) is 17.0. The zero-order valence-electron chi connectivity index (χ0n) is 21.4. The predicted molar refractivity (Wildman–Crippen MR) is 128 cm³/mol. The Hall–Kier alpha value is -1.11. The quantitative estimate of drug-likeness (QED) is 0.665. The van der Waals surface area contributed by atoms with E-state index in [1.54, 1.807) is 20.8 Å². The monoisotopic (exact) mass is 468 g/mol. The summed E-state index contributed by atoms with van der Waals surface area (Å²) in [4.78, 5) is 29.2. The molecule has 0 aromatic carbocycles. The van der Waals surface area contributed by atoms with E-state index in [4.69, 9.17) is 0 Å². The van der Waals surface area contributed by atoms with Crippen molar-refractivity contribution < 1.29 is 18.0 Å². The lowest BCUT2D eigenvalue weighted by molar-refractivity contribution is -0.142. The highest BCUT2D eigenvalue weighted by atomic mass is 32.2. The zero-order chi connectivity index (χ0) is 24.3. The second kappa shape index (κ2) is 7.99. The Labute approximate surface area is 195 Å². The first-order chi connectivity index (χ1) is 14.4. The second-order valence-corrected chi connectivity index (χ2v) is 16.0. The number of carbonyl (C=O) groups is 2. The molecule has 0 aromatic rings. The van der Waals surface area contributed by atoms with Crippen LogP contribution < -0.4 is 5.32 Å². The van der Waals surface area contributed by atoms with Crippen LogP contribution in [0.2, 0.25) is 0 Å². The molecule has 1 saturated heterocycles. The van der Waals surface area contributed by atoms with Crippen molar-refractivity contribution in [2.75, 3.05) is 18.8 Å². The van der Waals surface area contributed by atoms with Crippen LogP contribution in [0.4, 0.5) is 0 Å². The van der Waals surface area contributed by atoms with E-state index in [0.717, 1.165) is 32.4 Å². The summed E-state index contributed by atoms with van der Waals surface area (Å²) in [5, 5.41) is 3.07. The molecule has 3 fully saturated rings. The van der Waals surface area contributed by atoms with Crippen molar-refractivity contribution >= 4 is 21.7 Å². The zero-order valence-corrected chi connectivity index (χ0v) is 22.2. The average Bonchev–Trinajstić information content (AvgIpc) is 2.99. The Bertz CT molecular complexity index is 843. The highest BCUT2D eigenvalue weighted by Crippen LogP contribution is 2.62. The van der Waals surface area contributed by atoms with Crippen LogP contribution in [0.3, 0.4) is 0 Å². The fourth-order valence-electron chi connectivity index (χ4n) is 5.67. The van der Waals surface area contributed by atoms with Crippen LogP contribution in [-0.4, -0.2) is 54.8 Å². The van der Waals surface area contributed by atoms with Gasteiger partial charge in [0.25, 0.3) is 0 Å². The summed E-state index contributed by atoms with van der Waals surface area (Å²) in [6.07, 6.45) is 3.80. The first kappa shape index (κ1) is 25.5. The molecule has 7 heteroatoms. The third-order valence-corrected chi connectivity index (χ3v) is 11.3. The summed E-state index contributed by atoms with van der Waals surface area (Å²) in [7, 11) is -3.48. The van der Waals surface area contributed by atoms with E-state index >= 15 is 0 Å². The fourth-order valence-corrected chi connectivity index (χ4v) is 7.25. The molecule has 1 heterocycles. The first-order valence-electron chi connectivity index (χ1n) is 12.2. The molecule has 3 rings (SSSR count). The van der Waals surface area contributed by atoms with Gasteiger partial charge in [0, 0.05) is 13.1 Å². The molecular weight excluding hydrogens is 424 g/mol. The highest BCUT2D eigenvalue weighted by Gasteiger charge is 2.63. The van der Waals surface area contributed by atoms with Crippen molar-refractivity contribution in [3.05, 3.63) is 0 Å². The molecule has 0 aromatic heterocycles. The molecule has 1 N–H and O–H groups in total. The van der Waals surface area contributed by atoms with Crippen LogP contribution in [0, 0.1) is 28.1 Å². The number of hydrogen-bond donors (Lipinski definition) is 1. The van der Waals surface area contributed by atoms with E-state index in [2.05, 4.69) is 19.2 Å². The fraction of sp³-hybridized carbons (Fsp3) is 0.920. The number of piperidine rings is 1. The van der Waals surface area contributed by atoms with E-state index in [9.17, 15) is 18.0 Å². The minimum absolute atomic E-state index is 0.0292. The van der Waals surface area contributed by atoms with Gasteiger partial charge < -0.3 is 10.2 Å². The molecule has 0 spiro atoms. The second-order valence-electron chi connectivity index (χ2n) is 13.3. The van der Waals surface area contributed by atoms with Crippen molar-refractivity contribution in [2.24, 2.45) is 28.1 Å². The van der Waals surface area contributed by atoms with Gasteiger partial charge in [0.1, 0.15) is 6.04 Å². The molecule has 3 aliphatic rings. The molecule has 32 heavy (non-hydrogen) atoms. The lowest BCUT2D eigenvalue weighted by atomic mass is 9.74. The van der Waals surface area contributed by atoms with Crippen LogP contribution in [0.5, 0.6) is 0 Å². The van der Waals surface area contributed by atoms with E-state index in [1.807, 2.05) is 25.7 Å². The SMILES string of the molecule is CC(C)(C)[C@H](NC(=O)C1(CS(=O)(=O)C(C)(C)C)CCCCC1)C(=O)N1C[C@@H]2[C@H](C1)C2(C)C. The van der Waals surface area contributed by atoms with Gasteiger partial charge in [-0.1, -0.05) is 53.9 Å². The number of hydrogen-bond acceptors (Lipinski definition) is 4. The Morgan fingerprint density at radius 1 is 0.969 bits per heavy atom. The molecular formula is C25H44N2O4S. The summed E-state index contributed by atoms with van der Waals surface area (Å²) >= 11 is 0. The number of nitrogens with zero attached hydrogens (tertiary/aromatic N) is 1. The standard InChI is InChI=1S/C25H44N2O4S/c1-22(2,3)19(20(28)27-14-17-18(15-27)24(17,7)8)26-21(29)25(12-10-9-11-13-25)16-32(30,31)23(4,5)6/h17-19H,9-16H2,1-8H3,(H,26,29)/t17-,18+,19-/m1/s1. The molecule has 0 radical (unpaired) electrons. The van der Waals surface area contributed by atoms with Crippen molar-refractivity contribution in [2.45, 2.75) is 98.3 Å². The molecule has 2 saturated carbocycles. The number of carbonyl (C=O) groups excluding carboxylic acids is 2. The van der Waals surface area contributed by atoms with Gasteiger partial charge in [-0.05, 0) is 56.3 Å². The van der Waals surface area contributed by atoms with Crippen LogP contribution in [0.15, 0.2) is 0 Å². The van der Waals surface area contributed by atoms with Gasteiger partial charge in [-0.15, -0.1) is 0 Å². The normalized spacial score (nSPS) is 28.1. The molecule has 3 atom stereocenters. The molecule has 184 valence electrons. The maximum absolute atomic E-state index is 13.7. The molecule has 2 aliphatic carbocycles. The molecule has 0 unspecified atom stereocenters. The van der Waals surface area contributed by atoms with E-state index < -0.39 is 31.5 Å². The summed E-state index contributed by atoms with van der Waals surface area (Å²) in [5.41, 5.74) is -1.11. The Kier molecular flexibility index (Phi) is 6.37. The number of likely N-dealkylation sites (tertiary alicyclic amines) is 1. The largest absolute Gasteiger partial charge is 0.343 e. The third kappa shape index (κ3) is 4.60. The van der Waals surface area contributed by atoms with Crippen LogP contribution in [-0.2, 0) is 19.4 Å². The minimum atomic E-state index is -3.48. The van der Waals surface area contributed by atoms with Gasteiger partial charge in [0.2, 0.25) is 11.8 Å². The van der Waals surface area contributed by atoms with Crippen molar-refractivity contribution in [3.8, 4) is 0 Å². The maximum Gasteiger partial charge on any atom is 0.245 e. The molecule has 1 aliphatic heterocycles. The molecule has 2 amide bonds.